The van der Waals surface area contributed by atoms with Crippen LogP contribution in [0.4, 0.5) is 4.79 Å². The number of nitrogens with zero attached hydrogens (tertiary/aromatic N) is 2. The van der Waals surface area contributed by atoms with Crippen molar-refractivity contribution in [3.8, 4) is 0 Å². The number of urea groups is 1. The SMILES string of the molecule is C1=Cc2cc3ccc(cc4ccc(cc5nc(cc1n2)C=C5)[nH]4)[nH]3.CCC(Br)(CC)C(=O)NC(N)=O. The summed E-state index contributed by atoms with van der Waals surface area (Å²) < 4.78 is -0.665. The van der Waals surface area contributed by atoms with E-state index in [9.17, 15) is 9.59 Å². The Morgan fingerprint density at radius 1 is 0.778 bits per heavy atom. The van der Waals surface area contributed by atoms with Crippen LogP contribution in [0.5, 0.6) is 0 Å². The van der Waals surface area contributed by atoms with Gasteiger partial charge in [-0.1, -0.05) is 29.8 Å². The van der Waals surface area contributed by atoms with Crippen molar-refractivity contribution in [2.24, 2.45) is 5.73 Å². The van der Waals surface area contributed by atoms with E-state index < -0.39 is 10.4 Å². The number of H-pyrrole nitrogens is 2. The van der Waals surface area contributed by atoms with Gasteiger partial charge in [-0.15, -0.1) is 0 Å². The number of hydrogen-bond donors (Lipinski definition) is 4. The van der Waals surface area contributed by atoms with Crippen molar-refractivity contribution in [2.45, 2.75) is 31.0 Å². The zero-order valence-electron chi connectivity index (χ0n) is 20.0. The number of aromatic nitrogens is 4. The lowest BCUT2D eigenvalue weighted by atomic mass is 10.0. The predicted molar refractivity (Wildman–Crippen MR) is 149 cm³/mol. The van der Waals surface area contributed by atoms with E-state index in [1.165, 1.54) is 0 Å². The first-order valence-corrected chi connectivity index (χ1v) is 12.4. The van der Waals surface area contributed by atoms with Crippen molar-refractivity contribution < 1.29 is 9.59 Å². The van der Waals surface area contributed by atoms with E-state index in [1.54, 1.807) is 0 Å². The minimum atomic E-state index is -0.814. The number of imide groups is 1. The van der Waals surface area contributed by atoms with Gasteiger partial charge >= 0.3 is 6.03 Å². The first kappa shape index (κ1) is 25.1. The molecular weight excluding hydrogens is 520 g/mol. The fourth-order valence-electron chi connectivity index (χ4n) is 3.74. The predicted octanol–water partition coefficient (Wildman–Crippen LogP) is 5.79. The molecule has 0 fully saturated rings. The highest BCUT2D eigenvalue weighted by Gasteiger charge is 2.32. The second kappa shape index (κ2) is 10.7. The molecule has 0 aromatic carbocycles. The van der Waals surface area contributed by atoms with Crippen molar-refractivity contribution in [1.82, 2.24) is 25.3 Å². The van der Waals surface area contributed by atoms with Crippen molar-refractivity contribution >= 4 is 74.2 Å². The normalized spacial score (nSPS) is 12.1. The van der Waals surface area contributed by atoms with Gasteiger partial charge in [0.2, 0.25) is 5.91 Å². The smallest absolute Gasteiger partial charge is 0.318 e. The molecule has 3 amide bonds. The zero-order chi connectivity index (χ0) is 25.7. The third kappa shape index (κ3) is 6.17. The molecule has 3 aromatic heterocycles. The van der Waals surface area contributed by atoms with Gasteiger partial charge in [-0.25, -0.2) is 14.8 Å². The maximum Gasteiger partial charge on any atom is 0.318 e. The molecule has 0 spiro atoms. The number of carbonyl (C=O) groups excluding carboxylic acids is 2. The van der Waals surface area contributed by atoms with Gasteiger partial charge in [0.1, 0.15) is 4.32 Å². The molecule has 5 N–H and O–H groups in total. The van der Waals surface area contributed by atoms with Gasteiger partial charge in [0.25, 0.3) is 0 Å². The Hall–Kier alpha value is -3.98. The number of aromatic amines is 2. The molecule has 184 valence electrons. The van der Waals surface area contributed by atoms with Crippen LogP contribution < -0.4 is 11.1 Å². The fraction of sp³-hybridized carbons (Fsp3) is 0.185. The van der Waals surface area contributed by atoms with Crippen LogP contribution >= 0.6 is 15.9 Å². The molecule has 0 unspecified atom stereocenters. The van der Waals surface area contributed by atoms with Crippen LogP contribution in [0.15, 0.2) is 48.5 Å². The number of nitrogens with one attached hydrogen (secondary N) is 3. The maximum absolute atomic E-state index is 11.3. The topological polar surface area (TPSA) is 130 Å². The van der Waals surface area contributed by atoms with Gasteiger partial charge in [0.05, 0.1) is 22.8 Å². The Balaban J connectivity index is 0.000000218. The monoisotopic (exact) mass is 546 g/mol. The van der Waals surface area contributed by atoms with Crippen LogP contribution in [0.3, 0.4) is 0 Å². The summed E-state index contributed by atoms with van der Waals surface area (Å²) in [6.45, 7) is 3.72. The Morgan fingerprint density at radius 2 is 1.17 bits per heavy atom. The van der Waals surface area contributed by atoms with Crippen LogP contribution in [0.2, 0.25) is 0 Å². The highest BCUT2D eigenvalue weighted by Crippen LogP contribution is 2.26. The summed E-state index contributed by atoms with van der Waals surface area (Å²) in [5.74, 6) is -0.375. The molecule has 0 atom stereocenters. The van der Waals surface area contributed by atoms with Crippen molar-refractivity contribution in [3.63, 3.8) is 0 Å². The summed E-state index contributed by atoms with van der Waals surface area (Å²) in [4.78, 5) is 37.7. The van der Waals surface area contributed by atoms with E-state index in [4.69, 9.17) is 5.73 Å². The standard InChI is InChI=1S/C20H14N4.C7H13BrN2O2/c1-2-14-10-16-5-6-18(23-16)12-20-8-7-19(24-20)11-17-4-3-15(22-17)9-13(1)21-14;1-3-7(8,4-2)5(11)10-6(9)12/h1-12,21-22H;3-4H2,1-2H3,(H3,9,10,11,12). The van der Waals surface area contributed by atoms with Crippen LogP contribution in [0, 0.1) is 0 Å². The quantitative estimate of drug-likeness (QED) is 0.213. The molecule has 5 heterocycles. The number of amides is 3. The molecule has 0 radical (unpaired) electrons. The minimum Gasteiger partial charge on any atom is -0.355 e. The molecule has 5 rings (SSSR count). The second-order valence-corrected chi connectivity index (χ2v) is 9.91. The zero-order valence-corrected chi connectivity index (χ0v) is 21.6. The Morgan fingerprint density at radius 3 is 1.56 bits per heavy atom. The van der Waals surface area contributed by atoms with E-state index in [-0.39, 0.29) is 5.91 Å². The lowest BCUT2D eigenvalue weighted by molar-refractivity contribution is -0.122. The number of carbonyl (C=O) groups is 2. The number of alkyl halides is 1. The number of fused-ring (bicyclic) bond motifs is 8. The maximum atomic E-state index is 11.3. The molecule has 36 heavy (non-hydrogen) atoms. The second-order valence-electron chi connectivity index (χ2n) is 8.40. The van der Waals surface area contributed by atoms with Crippen molar-refractivity contribution in [2.75, 3.05) is 0 Å². The van der Waals surface area contributed by atoms with Crippen LogP contribution in [-0.2, 0) is 4.79 Å². The number of primary amides is 1. The molecule has 0 aliphatic carbocycles. The molecular formula is C27H27BrN6O2. The summed E-state index contributed by atoms with van der Waals surface area (Å²) in [5, 5.41) is 2.04. The summed E-state index contributed by atoms with van der Waals surface area (Å²) in [7, 11) is 0. The summed E-state index contributed by atoms with van der Waals surface area (Å²) in [6.07, 6.45) is 9.27. The van der Waals surface area contributed by atoms with Crippen molar-refractivity contribution in [1.29, 1.82) is 0 Å². The van der Waals surface area contributed by atoms with Gasteiger partial charge in [-0.2, -0.15) is 0 Å². The number of nitrogens with two attached hydrogens (primary N) is 1. The summed E-state index contributed by atoms with van der Waals surface area (Å²) in [6, 6.07) is 15.6. The van der Waals surface area contributed by atoms with E-state index in [2.05, 4.69) is 66.2 Å². The van der Waals surface area contributed by atoms with Gasteiger partial charge in [0, 0.05) is 22.1 Å². The minimum absolute atomic E-state index is 0.375. The highest BCUT2D eigenvalue weighted by atomic mass is 79.9. The molecule has 9 heteroatoms. The van der Waals surface area contributed by atoms with Gasteiger partial charge < -0.3 is 15.7 Å². The molecule has 3 aromatic rings. The molecule has 0 saturated carbocycles. The Bertz CT molecular complexity index is 1420. The lowest BCUT2D eigenvalue weighted by Gasteiger charge is -2.21. The molecule has 2 aliphatic heterocycles. The number of rotatable bonds is 3. The van der Waals surface area contributed by atoms with Crippen LogP contribution in [0.25, 0.3) is 46.4 Å². The average Bonchev–Trinajstić information content (AvgIpc) is 3.64. The molecule has 0 saturated heterocycles. The first-order valence-electron chi connectivity index (χ1n) is 11.6. The highest BCUT2D eigenvalue weighted by molar-refractivity contribution is 9.10. The van der Waals surface area contributed by atoms with E-state index >= 15 is 0 Å². The summed E-state index contributed by atoms with van der Waals surface area (Å²) >= 11 is 3.26. The Kier molecular flexibility index (Phi) is 7.49. The Labute approximate surface area is 216 Å². The van der Waals surface area contributed by atoms with Gasteiger partial charge in [-0.05, 0) is 85.7 Å². The fourth-order valence-corrected chi connectivity index (χ4v) is 3.84. The molecule has 2 aliphatic rings. The number of halogens is 1. The number of hydrogen-bond acceptors (Lipinski definition) is 4. The van der Waals surface area contributed by atoms with E-state index in [0.717, 1.165) is 44.8 Å². The third-order valence-corrected chi connectivity index (χ3v) is 7.29. The third-order valence-electron chi connectivity index (χ3n) is 5.81. The summed E-state index contributed by atoms with van der Waals surface area (Å²) in [5.41, 5.74) is 12.7. The molecule has 8 nitrogen and oxygen atoms in total. The van der Waals surface area contributed by atoms with Crippen LogP contribution in [0.1, 0.15) is 49.5 Å². The largest absolute Gasteiger partial charge is 0.355 e. The average molecular weight is 547 g/mol. The van der Waals surface area contributed by atoms with E-state index in [1.807, 2.05) is 61.7 Å². The van der Waals surface area contributed by atoms with Crippen molar-refractivity contribution in [3.05, 3.63) is 71.3 Å². The van der Waals surface area contributed by atoms with Gasteiger partial charge in [-0.3, -0.25) is 10.1 Å². The van der Waals surface area contributed by atoms with Gasteiger partial charge in [0.15, 0.2) is 0 Å². The van der Waals surface area contributed by atoms with E-state index in [0.29, 0.717) is 12.8 Å². The van der Waals surface area contributed by atoms with Crippen LogP contribution in [-0.4, -0.2) is 36.2 Å². The lowest BCUT2D eigenvalue weighted by Crippen LogP contribution is -2.46. The first-order chi connectivity index (χ1) is 17.3. The molecule has 8 bridgehead atoms.